The van der Waals surface area contributed by atoms with E-state index >= 15 is 0 Å². The lowest BCUT2D eigenvalue weighted by molar-refractivity contribution is -0.139. The minimum atomic E-state index is -0.294. The Hall–Kier alpha value is -2.69. The first-order chi connectivity index (χ1) is 10.7. The Morgan fingerprint density at radius 2 is 2.05 bits per heavy atom. The van der Waals surface area contributed by atoms with Crippen LogP contribution in [0.2, 0.25) is 0 Å². The van der Waals surface area contributed by atoms with Gasteiger partial charge >= 0.3 is 5.97 Å². The third-order valence-electron chi connectivity index (χ3n) is 3.64. The number of para-hydroxylation sites is 2. The lowest BCUT2D eigenvalue weighted by Gasteiger charge is -2.14. The summed E-state index contributed by atoms with van der Waals surface area (Å²) in [6.07, 6.45) is 0.178. The van der Waals surface area contributed by atoms with E-state index in [2.05, 4.69) is 5.32 Å². The highest BCUT2D eigenvalue weighted by molar-refractivity contribution is 5.74. The van der Waals surface area contributed by atoms with Gasteiger partial charge in [-0.1, -0.05) is 12.1 Å². The summed E-state index contributed by atoms with van der Waals surface area (Å²) in [4.78, 5) is 11.6. The number of hydrogen-bond acceptors (Lipinski definition) is 5. The van der Waals surface area contributed by atoms with Gasteiger partial charge < -0.3 is 19.5 Å². The zero-order valence-corrected chi connectivity index (χ0v) is 12.5. The van der Waals surface area contributed by atoms with Gasteiger partial charge in [0.2, 0.25) is 0 Å². The number of benzene rings is 2. The number of hydrogen-bond donors (Lipinski definition) is 1. The average Bonchev–Trinajstić information content (AvgIpc) is 2.73. The molecule has 0 aromatic heterocycles. The molecule has 1 N–H and O–H groups in total. The van der Waals surface area contributed by atoms with Crippen molar-refractivity contribution in [2.24, 2.45) is 0 Å². The van der Waals surface area contributed by atoms with Gasteiger partial charge in [0.15, 0.2) is 5.75 Å². The van der Waals surface area contributed by atoms with Crippen LogP contribution in [0.3, 0.4) is 0 Å². The van der Waals surface area contributed by atoms with E-state index in [0.29, 0.717) is 18.0 Å². The first-order valence-electron chi connectivity index (χ1n) is 6.98. The molecule has 5 nitrogen and oxygen atoms in total. The largest absolute Gasteiger partial charge is 0.497 e. The molecule has 0 saturated carbocycles. The monoisotopic (exact) mass is 299 g/mol. The van der Waals surface area contributed by atoms with Crippen molar-refractivity contribution in [2.75, 3.05) is 19.5 Å². The summed E-state index contributed by atoms with van der Waals surface area (Å²) >= 11 is 0. The molecule has 2 aromatic carbocycles. The van der Waals surface area contributed by atoms with Crippen LogP contribution in [-0.4, -0.2) is 20.2 Å². The lowest BCUT2D eigenvalue weighted by atomic mass is 10.0. The maximum Gasteiger partial charge on any atom is 0.309 e. The van der Waals surface area contributed by atoms with Crippen molar-refractivity contribution in [1.29, 1.82) is 0 Å². The van der Waals surface area contributed by atoms with E-state index in [-0.39, 0.29) is 12.4 Å². The van der Waals surface area contributed by atoms with Crippen molar-refractivity contribution in [3.05, 3.63) is 47.5 Å². The summed E-state index contributed by atoms with van der Waals surface area (Å²) < 4.78 is 16.1. The Bertz CT molecular complexity index is 712. The molecule has 1 heterocycles. The minimum absolute atomic E-state index is 0.178. The second-order valence-electron chi connectivity index (χ2n) is 4.97. The molecule has 0 spiro atoms. The third-order valence-corrected chi connectivity index (χ3v) is 3.64. The van der Waals surface area contributed by atoms with Crippen molar-refractivity contribution in [3.8, 4) is 17.2 Å². The van der Waals surface area contributed by atoms with Crippen LogP contribution in [0.1, 0.15) is 11.1 Å². The van der Waals surface area contributed by atoms with Crippen LogP contribution >= 0.6 is 0 Å². The molecule has 0 bridgehead atoms. The van der Waals surface area contributed by atoms with E-state index in [0.717, 1.165) is 22.6 Å². The molecular formula is C17H17NO4. The van der Waals surface area contributed by atoms with Crippen LogP contribution in [0.5, 0.6) is 17.2 Å². The van der Waals surface area contributed by atoms with Crippen LogP contribution in [0.15, 0.2) is 36.4 Å². The van der Waals surface area contributed by atoms with Crippen LogP contribution in [0.25, 0.3) is 0 Å². The second-order valence-corrected chi connectivity index (χ2v) is 4.97. The molecule has 22 heavy (non-hydrogen) atoms. The summed E-state index contributed by atoms with van der Waals surface area (Å²) in [7, 11) is 2.97. The number of carbonyl (C=O) groups is 1. The topological polar surface area (TPSA) is 56.8 Å². The first kappa shape index (κ1) is 14.3. The third kappa shape index (κ3) is 2.70. The molecule has 0 saturated heterocycles. The number of fused-ring (bicyclic) bond motifs is 2. The van der Waals surface area contributed by atoms with Crippen LogP contribution in [-0.2, 0) is 22.5 Å². The van der Waals surface area contributed by atoms with Gasteiger partial charge in [0.1, 0.15) is 11.5 Å². The Balaban J connectivity index is 2.05. The highest BCUT2D eigenvalue weighted by Gasteiger charge is 2.20. The SMILES string of the molecule is COC(=O)Cc1cc(OC)cc2c1CNc1ccccc1O2. The molecule has 0 aliphatic carbocycles. The number of carbonyl (C=O) groups excluding carboxylic acids is 1. The predicted molar refractivity (Wildman–Crippen MR) is 82.6 cm³/mol. The first-order valence-corrected chi connectivity index (χ1v) is 6.98. The number of ether oxygens (including phenoxy) is 3. The van der Waals surface area contributed by atoms with Crippen molar-refractivity contribution in [2.45, 2.75) is 13.0 Å². The van der Waals surface area contributed by atoms with E-state index in [9.17, 15) is 4.79 Å². The molecule has 0 fully saturated rings. The van der Waals surface area contributed by atoms with Crippen LogP contribution < -0.4 is 14.8 Å². The van der Waals surface area contributed by atoms with Crippen molar-refractivity contribution < 1.29 is 19.0 Å². The molecular weight excluding hydrogens is 282 g/mol. The van der Waals surface area contributed by atoms with E-state index in [1.54, 1.807) is 7.11 Å². The molecule has 5 heteroatoms. The smallest absolute Gasteiger partial charge is 0.309 e. The number of esters is 1. The Morgan fingerprint density at radius 3 is 2.82 bits per heavy atom. The molecule has 1 aliphatic heterocycles. The Morgan fingerprint density at radius 1 is 1.23 bits per heavy atom. The van der Waals surface area contributed by atoms with E-state index in [4.69, 9.17) is 14.2 Å². The summed E-state index contributed by atoms with van der Waals surface area (Å²) in [5.74, 6) is 1.79. The van der Waals surface area contributed by atoms with Gasteiger partial charge in [0, 0.05) is 18.2 Å². The number of anilines is 1. The van der Waals surface area contributed by atoms with E-state index < -0.39 is 0 Å². The average molecular weight is 299 g/mol. The van der Waals surface area contributed by atoms with Crippen molar-refractivity contribution in [3.63, 3.8) is 0 Å². The van der Waals surface area contributed by atoms with Gasteiger partial charge in [-0.15, -0.1) is 0 Å². The summed E-state index contributed by atoms with van der Waals surface area (Å²) in [6, 6.07) is 11.4. The second kappa shape index (κ2) is 5.97. The fourth-order valence-corrected chi connectivity index (χ4v) is 2.47. The Labute approximate surface area is 128 Å². The van der Waals surface area contributed by atoms with Gasteiger partial charge in [-0.3, -0.25) is 4.79 Å². The highest BCUT2D eigenvalue weighted by atomic mass is 16.5. The van der Waals surface area contributed by atoms with Crippen molar-refractivity contribution in [1.82, 2.24) is 0 Å². The fraction of sp³-hybridized carbons (Fsp3) is 0.235. The summed E-state index contributed by atoms with van der Waals surface area (Å²) in [6.45, 7) is 0.572. The molecule has 1 aliphatic rings. The van der Waals surface area contributed by atoms with Gasteiger partial charge in [-0.05, 0) is 23.8 Å². The Kier molecular flexibility index (Phi) is 3.87. The summed E-state index contributed by atoms with van der Waals surface area (Å²) in [5.41, 5.74) is 2.69. The molecule has 0 unspecified atom stereocenters. The predicted octanol–water partition coefficient (Wildman–Crippen LogP) is 3.13. The minimum Gasteiger partial charge on any atom is -0.497 e. The molecule has 3 rings (SSSR count). The van der Waals surface area contributed by atoms with Crippen molar-refractivity contribution >= 4 is 11.7 Å². The number of rotatable bonds is 3. The number of nitrogens with one attached hydrogen (secondary N) is 1. The van der Waals surface area contributed by atoms with E-state index in [1.807, 2.05) is 36.4 Å². The lowest BCUT2D eigenvalue weighted by Crippen LogP contribution is -2.09. The summed E-state index contributed by atoms with van der Waals surface area (Å²) in [5, 5.41) is 3.33. The molecule has 0 radical (unpaired) electrons. The normalized spacial score (nSPS) is 12.1. The number of methoxy groups -OCH3 is 2. The quantitative estimate of drug-likeness (QED) is 0.882. The van der Waals surface area contributed by atoms with Gasteiger partial charge in [0.25, 0.3) is 0 Å². The maximum atomic E-state index is 11.6. The standard InChI is InChI=1S/C17H17NO4/c1-20-12-7-11(8-17(19)21-2)13-10-18-14-5-3-4-6-15(14)22-16(13)9-12/h3-7,9,18H,8,10H2,1-2H3. The van der Waals surface area contributed by atoms with Gasteiger partial charge in [-0.25, -0.2) is 0 Å². The molecule has 0 atom stereocenters. The zero-order valence-electron chi connectivity index (χ0n) is 12.5. The maximum absolute atomic E-state index is 11.6. The van der Waals surface area contributed by atoms with Gasteiger partial charge in [-0.2, -0.15) is 0 Å². The van der Waals surface area contributed by atoms with Crippen LogP contribution in [0.4, 0.5) is 5.69 Å². The van der Waals surface area contributed by atoms with Gasteiger partial charge in [0.05, 0.1) is 26.3 Å². The van der Waals surface area contributed by atoms with E-state index in [1.165, 1.54) is 7.11 Å². The highest BCUT2D eigenvalue weighted by Crippen LogP contribution is 2.39. The fourth-order valence-electron chi connectivity index (χ4n) is 2.47. The molecule has 114 valence electrons. The van der Waals surface area contributed by atoms with Crippen LogP contribution in [0, 0.1) is 0 Å². The zero-order chi connectivity index (χ0) is 15.5. The molecule has 2 aromatic rings. The molecule has 0 amide bonds.